The Hall–Kier alpha value is -4.34. The number of methoxy groups -OCH3 is 1. The standard InChI is InChI=1S/C34H25Cl2N3O5/c1-42-32-27(34-43-12-13-44-34)16-28(35)29(38-32)14-19-8-9-25-22(19)4-2-6-24(25)26-7-3-5-23(31(26)36)20-10-11-39-30(15-20)37-17-21(18-40)33(39)41/h2-7,10-11,14-18,34H,8-9,12-13H2,1H3/b19-14+. The second kappa shape index (κ2) is 11.6. The van der Waals surface area contributed by atoms with Crippen LogP contribution in [0.2, 0.25) is 10.0 Å². The minimum absolute atomic E-state index is 0.00381. The third kappa shape index (κ3) is 4.90. The molecule has 1 aliphatic heterocycles. The Morgan fingerprint density at radius 3 is 2.50 bits per heavy atom. The van der Waals surface area contributed by atoms with Gasteiger partial charge in [-0.05, 0) is 64.9 Å². The molecule has 7 rings (SSSR count). The molecule has 3 aromatic heterocycles. The normalized spacial score (nSPS) is 15.7. The molecule has 4 heterocycles. The molecule has 0 spiro atoms. The van der Waals surface area contributed by atoms with E-state index in [0.717, 1.165) is 46.2 Å². The number of ether oxygens (including phenoxy) is 3. The van der Waals surface area contributed by atoms with E-state index in [9.17, 15) is 9.59 Å². The molecule has 1 aliphatic carbocycles. The van der Waals surface area contributed by atoms with Crippen molar-refractivity contribution in [3.05, 3.63) is 115 Å². The number of benzene rings is 2. The van der Waals surface area contributed by atoms with Crippen molar-refractivity contribution >= 4 is 46.8 Å². The van der Waals surface area contributed by atoms with Gasteiger partial charge in [-0.3, -0.25) is 14.0 Å². The largest absolute Gasteiger partial charge is 0.481 e. The predicted octanol–water partition coefficient (Wildman–Crippen LogP) is 7.08. The summed E-state index contributed by atoms with van der Waals surface area (Å²) in [6.45, 7) is 1.01. The van der Waals surface area contributed by atoms with Crippen molar-refractivity contribution in [3.8, 4) is 28.1 Å². The van der Waals surface area contributed by atoms with Crippen LogP contribution < -0.4 is 10.3 Å². The van der Waals surface area contributed by atoms with Crippen molar-refractivity contribution in [2.24, 2.45) is 0 Å². The van der Waals surface area contributed by atoms with Crippen LogP contribution in [0.1, 0.15) is 45.5 Å². The van der Waals surface area contributed by atoms with Crippen molar-refractivity contribution < 1.29 is 19.0 Å². The lowest BCUT2D eigenvalue weighted by atomic mass is 9.93. The zero-order valence-corrected chi connectivity index (χ0v) is 25.1. The Balaban J connectivity index is 1.26. The van der Waals surface area contributed by atoms with Crippen molar-refractivity contribution in [1.29, 1.82) is 0 Å². The molecule has 2 aromatic carbocycles. The lowest BCUT2D eigenvalue weighted by Gasteiger charge is -2.15. The quantitative estimate of drug-likeness (QED) is 0.186. The molecule has 0 N–H and O–H groups in total. The van der Waals surface area contributed by atoms with Crippen molar-refractivity contribution in [2.75, 3.05) is 20.3 Å². The van der Waals surface area contributed by atoms with Gasteiger partial charge in [0.2, 0.25) is 5.88 Å². The molecular weight excluding hydrogens is 601 g/mol. The van der Waals surface area contributed by atoms with Crippen LogP contribution in [0.4, 0.5) is 0 Å². The molecule has 44 heavy (non-hydrogen) atoms. The summed E-state index contributed by atoms with van der Waals surface area (Å²) in [6.07, 6.45) is 6.52. The number of halogens is 2. The molecule has 220 valence electrons. The molecule has 5 aromatic rings. The second-order valence-electron chi connectivity index (χ2n) is 10.5. The van der Waals surface area contributed by atoms with Gasteiger partial charge in [0.25, 0.3) is 5.56 Å². The minimum Gasteiger partial charge on any atom is -0.481 e. The summed E-state index contributed by atoms with van der Waals surface area (Å²) in [5, 5.41) is 1.08. The highest BCUT2D eigenvalue weighted by molar-refractivity contribution is 6.36. The molecule has 1 fully saturated rings. The summed E-state index contributed by atoms with van der Waals surface area (Å²) in [6, 6.07) is 17.5. The molecule has 1 saturated heterocycles. The van der Waals surface area contributed by atoms with Crippen LogP contribution in [0.15, 0.2) is 71.8 Å². The Kier molecular flexibility index (Phi) is 7.52. The van der Waals surface area contributed by atoms with E-state index in [-0.39, 0.29) is 5.56 Å². The smallest absolute Gasteiger partial charge is 0.268 e. The van der Waals surface area contributed by atoms with Crippen molar-refractivity contribution in [3.63, 3.8) is 0 Å². The van der Waals surface area contributed by atoms with Gasteiger partial charge in [0.15, 0.2) is 12.6 Å². The Morgan fingerprint density at radius 2 is 1.73 bits per heavy atom. The van der Waals surface area contributed by atoms with Gasteiger partial charge in [0.1, 0.15) is 5.65 Å². The van der Waals surface area contributed by atoms with Crippen LogP contribution in [0.5, 0.6) is 5.88 Å². The fraction of sp³-hybridized carbons (Fsp3) is 0.176. The van der Waals surface area contributed by atoms with Gasteiger partial charge < -0.3 is 14.2 Å². The molecule has 10 heteroatoms. The van der Waals surface area contributed by atoms with Gasteiger partial charge in [-0.1, -0.05) is 59.6 Å². The van der Waals surface area contributed by atoms with E-state index < -0.39 is 11.8 Å². The van der Waals surface area contributed by atoms with Crippen molar-refractivity contribution in [2.45, 2.75) is 19.1 Å². The van der Waals surface area contributed by atoms with Crippen molar-refractivity contribution in [1.82, 2.24) is 14.4 Å². The van der Waals surface area contributed by atoms with E-state index in [1.807, 2.05) is 30.3 Å². The number of hydrogen-bond acceptors (Lipinski definition) is 7. The van der Waals surface area contributed by atoms with Gasteiger partial charge in [-0.25, -0.2) is 9.97 Å². The topological polar surface area (TPSA) is 92.0 Å². The van der Waals surface area contributed by atoms with E-state index in [2.05, 4.69) is 17.1 Å². The maximum atomic E-state index is 12.5. The molecule has 0 unspecified atom stereocenters. The molecule has 0 saturated carbocycles. The fourth-order valence-electron chi connectivity index (χ4n) is 5.89. The Morgan fingerprint density at radius 1 is 0.977 bits per heavy atom. The van der Waals surface area contributed by atoms with Crippen LogP contribution in [-0.4, -0.2) is 41.0 Å². The number of pyridine rings is 2. The van der Waals surface area contributed by atoms with Crippen LogP contribution >= 0.6 is 23.2 Å². The Labute approximate surface area is 262 Å². The summed E-state index contributed by atoms with van der Waals surface area (Å²) in [5.41, 5.74) is 8.30. The maximum absolute atomic E-state index is 12.5. The number of carbonyl (C=O) groups excluding carboxylic acids is 1. The molecule has 0 bridgehead atoms. The summed E-state index contributed by atoms with van der Waals surface area (Å²) < 4.78 is 18.2. The number of aromatic nitrogens is 3. The third-order valence-electron chi connectivity index (χ3n) is 8.01. The van der Waals surface area contributed by atoms with E-state index in [1.54, 1.807) is 31.5 Å². The number of carbonyl (C=O) groups is 1. The summed E-state index contributed by atoms with van der Waals surface area (Å²) in [7, 11) is 1.57. The molecular formula is C34H25Cl2N3O5. The van der Waals surface area contributed by atoms with E-state index in [1.165, 1.54) is 16.2 Å². The first-order valence-electron chi connectivity index (χ1n) is 14.0. The van der Waals surface area contributed by atoms with Gasteiger partial charge in [-0.2, -0.15) is 0 Å². The highest BCUT2D eigenvalue weighted by Crippen LogP contribution is 2.44. The third-order valence-corrected chi connectivity index (χ3v) is 8.72. The molecule has 0 amide bonds. The van der Waals surface area contributed by atoms with E-state index in [4.69, 9.17) is 42.4 Å². The van der Waals surface area contributed by atoms with Gasteiger partial charge in [-0.15, -0.1) is 0 Å². The van der Waals surface area contributed by atoms with Gasteiger partial charge in [0.05, 0.1) is 47.2 Å². The number of fused-ring (bicyclic) bond motifs is 2. The SMILES string of the molecule is COc1nc(/C=C2\CCc3c2cccc3-c2cccc(-c3ccn4c(=O)c(C=O)cnc4c3)c2Cl)c(Cl)cc1C1OCCO1. The number of rotatable bonds is 6. The summed E-state index contributed by atoms with van der Waals surface area (Å²) in [5.74, 6) is 0.418. The summed E-state index contributed by atoms with van der Waals surface area (Å²) in [4.78, 5) is 32.7. The highest BCUT2D eigenvalue weighted by atomic mass is 35.5. The second-order valence-corrected chi connectivity index (χ2v) is 11.3. The fourth-order valence-corrected chi connectivity index (χ4v) is 6.44. The van der Waals surface area contributed by atoms with Crippen LogP contribution in [-0.2, 0) is 15.9 Å². The Bertz CT molecular complexity index is 2050. The van der Waals surface area contributed by atoms with Gasteiger partial charge >= 0.3 is 0 Å². The molecule has 2 aliphatic rings. The predicted molar refractivity (Wildman–Crippen MR) is 169 cm³/mol. The molecule has 0 radical (unpaired) electrons. The first-order chi connectivity index (χ1) is 21.5. The zero-order valence-electron chi connectivity index (χ0n) is 23.6. The van der Waals surface area contributed by atoms with E-state index >= 15 is 0 Å². The van der Waals surface area contributed by atoms with E-state index in [0.29, 0.717) is 52.3 Å². The molecule has 8 nitrogen and oxygen atoms in total. The number of hydrogen-bond donors (Lipinski definition) is 0. The first kappa shape index (κ1) is 28.4. The van der Waals surface area contributed by atoms with Crippen LogP contribution in [0.25, 0.3) is 39.6 Å². The average Bonchev–Trinajstić information content (AvgIpc) is 3.73. The van der Waals surface area contributed by atoms with Crippen LogP contribution in [0.3, 0.4) is 0 Å². The highest BCUT2D eigenvalue weighted by Gasteiger charge is 2.26. The summed E-state index contributed by atoms with van der Waals surface area (Å²) >= 11 is 13.8. The van der Waals surface area contributed by atoms with Crippen LogP contribution in [0, 0.1) is 0 Å². The lowest BCUT2D eigenvalue weighted by Crippen LogP contribution is -2.18. The minimum atomic E-state index is -0.545. The lowest BCUT2D eigenvalue weighted by molar-refractivity contribution is -0.0458. The number of aldehydes is 1. The average molecular weight is 626 g/mol. The maximum Gasteiger partial charge on any atom is 0.268 e. The number of nitrogens with zero attached hydrogens (tertiary/aromatic N) is 3. The first-order valence-corrected chi connectivity index (χ1v) is 14.8. The monoisotopic (exact) mass is 625 g/mol. The van der Waals surface area contributed by atoms with Gasteiger partial charge in [0, 0.05) is 23.5 Å². The number of allylic oxidation sites excluding steroid dienone is 1. The molecule has 0 atom stereocenters. The zero-order chi connectivity index (χ0) is 30.4.